The van der Waals surface area contributed by atoms with Crippen LogP contribution in [0.2, 0.25) is 0 Å². The minimum Gasteiger partial charge on any atom is -0.497 e. The number of benzene rings is 2. The second-order valence-electron chi connectivity index (χ2n) is 4.20. The fourth-order valence-corrected chi connectivity index (χ4v) is 4.29. The molecule has 0 N–H and O–H groups in total. The molecule has 1 heterocycles. The molecule has 2 aromatic carbocycles. The largest absolute Gasteiger partial charge is 0.497 e. The Hall–Kier alpha value is -1.76. The molecule has 0 aliphatic carbocycles. The van der Waals surface area contributed by atoms with Crippen LogP contribution in [0.5, 0.6) is 5.75 Å². The van der Waals surface area contributed by atoms with E-state index < -0.39 is 0 Å². The van der Waals surface area contributed by atoms with Crippen molar-refractivity contribution in [2.45, 2.75) is 0 Å². The maximum absolute atomic E-state index is 5.42. The zero-order valence-electron chi connectivity index (χ0n) is 11.2. The highest BCUT2D eigenvalue weighted by Crippen LogP contribution is 2.18. The molecule has 0 saturated carbocycles. The van der Waals surface area contributed by atoms with Crippen LogP contribution in [0.4, 0.5) is 5.69 Å². The number of hydrogen-bond acceptors (Lipinski definition) is 5. The smallest absolute Gasteiger partial charge is 0.206 e. The SMILES string of the molecule is COc1ccc(N=c2ssc(=S)n2-c2ccccc2)cc1. The molecule has 0 fully saturated rings. The van der Waals surface area contributed by atoms with Crippen molar-refractivity contribution < 1.29 is 4.74 Å². The van der Waals surface area contributed by atoms with Crippen molar-refractivity contribution in [2.75, 3.05) is 7.11 Å². The van der Waals surface area contributed by atoms with Gasteiger partial charge in [0.2, 0.25) is 4.80 Å². The quantitative estimate of drug-likeness (QED) is 0.519. The van der Waals surface area contributed by atoms with Gasteiger partial charge in [0.1, 0.15) is 5.75 Å². The molecule has 0 saturated heterocycles. The first-order valence-corrected chi connectivity index (χ1v) is 8.80. The molecule has 0 aliphatic heterocycles. The molecule has 106 valence electrons. The molecule has 21 heavy (non-hydrogen) atoms. The first kappa shape index (κ1) is 14.2. The Balaban J connectivity index is 2.11. The Kier molecular flexibility index (Phi) is 4.28. The zero-order valence-corrected chi connectivity index (χ0v) is 13.7. The lowest BCUT2D eigenvalue weighted by Crippen LogP contribution is -2.12. The Labute approximate surface area is 134 Å². The predicted octanol–water partition coefficient (Wildman–Crippen LogP) is 4.57. The fourth-order valence-electron chi connectivity index (χ4n) is 1.85. The van der Waals surface area contributed by atoms with Crippen LogP contribution in [0.1, 0.15) is 0 Å². The minimum atomic E-state index is 0.804. The molecule has 1 aromatic heterocycles. The van der Waals surface area contributed by atoms with E-state index in [1.54, 1.807) is 27.8 Å². The highest BCUT2D eigenvalue weighted by Gasteiger charge is 2.03. The van der Waals surface area contributed by atoms with Gasteiger partial charge < -0.3 is 4.74 Å². The van der Waals surface area contributed by atoms with Gasteiger partial charge in [-0.05, 0) is 69.3 Å². The lowest BCUT2D eigenvalue weighted by molar-refractivity contribution is 0.415. The molecule has 0 atom stereocenters. The lowest BCUT2D eigenvalue weighted by atomic mass is 10.3. The first-order chi connectivity index (χ1) is 10.3. The third-order valence-electron chi connectivity index (χ3n) is 2.87. The van der Waals surface area contributed by atoms with E-state index in [2.05, 4.69) is 4.99 Å². The van der Waals surface area contributed by atoms with E-state index in [4.69, 9.17) is 17.0 Å². The number of ether oxygens (including phenoxy) is 1. The molecule has 6 heteroatoms. The van der Waals surface area contributed by atoms with E-state index in [-0.39, 0.29) is 0 Å². The molecule has 3 nitrogen and oxygen atoms in total. The van der Waals surface area contributed by atoms with Crippen LogP contribution in [0.3, 0.4) is 0 Å². The summed E-state index contributed by atoms with van der Waals surface area (Å²) in [7, 11) is 4.78. The van der Waals surface area contributed by atoms with E-state index in [1.807, 2.05) is 59.2 Å². The van der Waals surface area contributed by atoms with Gasteiger partial charge >= 0.3 is 0 Å². The molecule has 0 spiro atoms. The summed E-state index contributed by atoms with van der Waals surface area (Å²) in [4.78, 5) is 5.56. The first-order valence-electron chi connectivity index (χ1n) is 6.24. The van der Waals surface area contributed by atoms with Gasteiger partial charge in [0.25, 0.3) is 0 Å². The second-order valence-corrected chi connectivity index (χ2v) is 6.93. The highest BCUT2D eigenvalue weighted by molar-refractivity contribution is 7.79. The average Bonchev–Trinajstić information content (AvgIpc) is 2.89. The third-order valence-corrected chi connectivity index (χ3v) is 5.62. The van der Waals surface area contributed by atoms with Gasteiger partial charge in [0.05, 0.1) is 18.5 Å². The van der Waals surface area contributed by atoms with Crippen molar-refractivity contribution in [2.24, 2.45) is 4.99 Å². The monoisotopic (exact) mass is 332 g/mol. The summed E-state index contributed by atoms with van der Waals surface area (Å²) in [5.74, 6) is 0.822. The molecule has 0 radical (unpaired) electrons. The molecular weight excluding hydrogens is 320 g/mol. The summed E-state index contributed by atoms with van der Waals surface area (Å²) < 4.78 is 7.96. The number of para-hydroxylation sites is 1. The minimum absolute atomic E-state index is 0.804. The van der Waals surface area contributed by atoms with Crippen molar-refractivity contribution in [1.29, 1.82) is 0 Å². The van der Waals surface area contributed by atoms with Gasteiger partial charge in [-0.25, -0.2) is 4.99 Å². The Morgan fingerprint density at radius 3 is 2.38 bits per heavy atom. The summed E-state index contributed by atoms with van der Waals surface area (Å²) in [5.41, 5.74) is 1.91. The fraction of sp³-hybridized carbons (Fsp3) is 0.0667. The van der Waals surface area contributed by atoms with Crippen molar-refractivity contribution in [3.63, 3.8) is 0 Å². The van der Waals surface area contributed by atoms with Gasteiger partial charge in [0, 0.05) is 0 Å². The van der Waals surface area contributed by atoms with Crippen molar-refractivity contribution in [3.05, 3.63) is 63.4 Å². The normalized spacial score (nSPS) is 11.6. The van der Waals surface area contributed by atoms with Crippen LogP contribution in [-0.4, -0.2) is 11.7 Å². The van der Waals surface area contributed by atoms with E-state index >= 15 is 0 Å². The Morgan fingerprint density at radius 1 is 1.00 bits per heavy atom. The molecule has 0 unspecified atom stereocenters. The lowest BCUT2D eigenvalue weighted by Gasteiger charge is -2.02. The summed E-state index contributed by atoms with van der Waals surface area (Å²) in [6.07, 6.45) is 0. The van der Waals surface area contributed by atoms with Crippen LogP contribution < -0.4 is 9.54 Å². The van der Waals surface area contributed by atoms with E-state index in [0.717, 1.165) is 25.9 Å². The van der Waals surface area contributed by atoms with Crippen LogP contribution in [-0.2, 0) is 0 Å². The molecule has 3 rings (SSSR count). The molecule has 0 bridgehead atoms. The summed E-state index contributed by atoms with van der Waals surface area (Å²) in [5, 5.41) is 0. The number of rotatable bonds is 3. The van der Waals surface area contributed by atoms with Crippen molar-refractivity contribution in [3.8, 4) is 11.4 Å². The molecule has 0 aliphatic rings. The highest BCUT2D eigenvalue weighted by atomic mass is 32.9. The third kappa shape index (κ3) is 3.12. The Morgan fingerprint density at radius 2 is 1.71 bits per heavy atom. The van der Waals surface area contributed by atoms with Gasteiger partial charge in [-0.3, -0.25) is 4.57 Å². The molecule has 3 aromatic rings. The van der Waals surface area contributed by atoms with Crippen LogP contribution in [0, 0.1) is 3.95 Å². The molecular formula is C15H12N2OS3. The van der Waals surface area contributed by atoms with E-state index in [9.17, 15) is 0 Å². The maximum atomic E-state index is 5.42. The summed E-state index contributed by atoms with van der Waals surface area (Å²) in [6.45, 7) is 0. The van der Waals surface area contributed by atoms with E-state index in [1.165, 1.54) is 0 Å². The molecule has 0 amide bonds. The maximum Gasteiger partial charge on any atom is 0.206 e. The van der Waals surface area contributed by atoms with Gasteiger partial charge in [0.15, 0.2) is 3.95 Å². The number of hydrogen-bond donors (Lipinski definition) is 0. The van der Waals surface area contributed by atoms with Crippen molar-refractivity contribution >= 4 is 38.6 Å². The number of aromatic nitrogens is 1. The standard InChI is InChI=1S/C15H12N2OS3/c1-18-13-9-7-11(8-10-13)16-14-17(15(19)21-20-14)12-5-3-2-4-6-12/h2-10H,1H3. The van der Waals surface area contributed by atoms with Gasteiger partial charge in [-0.1, -0.05) is 18.2 Å². The predicted molar refractivity (Wildman–Crippen MR) is 90.6 cm³/mol. The van der Waals surface area contributed by atoms with Crippen LogP contribution in [0.15, 0.2) is 59.6 Å². The summed E-state index contributed by atoms with van der Waals surface area (Å²) in [6, 6.07) is 17.7. The van der Waals surface area contributed by atoms with Crippen molar-refractivity contribution in [1.82, 2.24) is 4.57 Å². The Bertz CT molecular complexity index is 845. The topological polar surface area (TPSA) is 26.5 Å². The summed E-state index contributed by atoms with van der Waals surface area (Å²) >= 11 is 5.42. The van der Waals surface area contributed by atoms with Crippen LogP contribution in [0.25, 0.3) is 5.69 Å². The zero-order chi connectivity index (χ0) is 14.7. The van der Waals surface area contributed by atoms with Gasteiger partial charge in [-0.2, -0.15) is 0 Å². The van der Waals surface area contributed by atoms with E-state index in [0.29, 0.717) is 0 Å². The number of nitrogens with zero attached hydrogens (tertiary/aromatic N) is 2. The average molecular weight is 332 g/mol. The second kappa shape index (κ2) is 6.34. The van der Waals surface area contributed by atoms with Crippen LogP contribution >= 0.6 is 32.9 Å². The number of methoxy groups -OCH3 is 1. The van der Waals surface area contributed by atoms with Gasteiger partial charge in [-0.15, -0.1) is 0 Å².